The molecule has 0 atom stereocenters. The maximum absolute atomic E-state index is 6.46. The van der Waals surface area contributed by atoms with Gasteiger partial charge in [-0.2, -0.15) is 0 Å². The number of hydrogen-bond acceptors (Lipinski definition) is 3. The third-order valence-corrected chi connectivity index (χ3v) is 9.21. The smallest absolute Gasteiger partial charge is 0.235 e. The summed E-state index contributed by atoms with van der Waals surface area (Å²) in [6, 6.07) is 53.0. The highest BCUT2D eigenvalue weighted by Crippen LogP contribution is 2.41. The average molecular weight is 588 g/mol. The van der Waals surface area contributed by atoms with Gasteiger partial charge in [-0.3, -0.25) is 4.57 Å². The van der Waals surface area contributed by atoms with E-state index in [0.29, 0.717) is 5.95 Å². The summed E-state index contributed by atoms with van der Waals surface area (Å²) in [5, 5.41) is 8.03. The van der Waals surface area contributed by atoms with E-state index < -0.39 is 0 Å². The van der Waals surface area contributed by atoms with E-state index in [1.165, 1.54) is 16.2 Å². The van der Waals surface area contributed by atoms with Gasteiger partial charge < -0.3 is 4.42 Å². The van der Waals surface area contributed by atoms with E-state index in [0.717, 1.165) is 71.6 Å². The Labute approximate surface area is 263 Å². The number of rotatable bonds is 3. The standard InChI is InChI=1S/C42H25N3O/c1-2-12-27(13-3-1)40-33-16-6-8-19-35(33)43-42(44-40)45-36-24-22-26-11-4-5-14-29(26)39(36)34-23-21-28(25-37(34)45)30-17-10-18-32-31-15-7-9-20-38(31)46-41(30)32/h1-25H. The number of hydrogen-bond donors (Lipinski definition) is 0. The number of furan rings is 1. The Bertz CT molecular complexity index is 2810. The van der Waals surface area contributed by atoms with Crippen molar-refractivity contribution in [2.45, 2.75) is 0 Å². The molecule has 0 bridgehead atoms. The molecule has 0 saturated carbocycles. The molecule has 0 aliphatic rings. The molecule has 0 unspecified atom stereocenters. The van der Waals surface area contributed by atoms with Crippen molar-refractivity contribution in [3.05, 3.63) is 152 Å². The van der Waals surface area contributed by atoms with Crippen molar-refractivity contribution in [1.82, 2.24) is 14.5 Å². The third-order valence-electron chi connectivity index (χ3n) is 9.21. The van der Waals surface area contributed by atoms with Gasteiger partial charge in [0.25, 0.3) is 0 Å². The number of aromatic nitrogens is 3. The summed E-state index contributed by atoms with van der Waals surface area (Å²) >= 11 is 0. The van der Waals surface area contributed by atoms with Gasteiger partial charge in [0.05, 0.1) is 22.2 Å². The highest BCUT2D eigenvalue weighted by molar-refractivity contribution is 6.22. The Balaban J connectivity index is 1.32. The molecule has 0 aliphatic carbocycles. The zero-order valence-electron chi connectivity index (χ0n) is 24.7. The van der Waals surface area contributed by atoms with Crippen molar-refractivity contribution in [1.29, 1.82) is 0 Å². The van der Waals surface area contributed by atoms with Crippen molar-refractivity contribution in [2.75, 3.05) is 0 Å². The summed E-state index contributed by atoms with van der Waals surface area (Å²) in [7, 11) is 0. The fraction of sp³-hybridized carbons (Fsp3) is 0. The normalized spacial score (nSPS) is 11.9. The van der Waals surface area contributed by atoms with Crippen molar-refractivity contribution < 1.29 is 4.42 Å². The second-order valence-electron chi connectivity index (χ2n) is 11.8. The van der Waals surface area contributed by atoms with Crippen LogP contribution in [-0.2, 0) is 0 Å². The monoisotopic (exact) mass is 587 g/mol. The summed E-state index contributed by atoms with van der Waals surface area (Å²) in [5.41, 5.74) is 8.93. The lowest BCUT2D eigenvalue weighted by Gasteiger charge is -2.12. The Hall–Kier alpha value is -6.26. The van der Waals surface area contributed by atoms with E-state index in [4.69, 9.17) is 14.4 Å². The average Bonchev–Trinajstić information content (AvgIpc) is 3.67. The van der Waals surface area contributed by atoms with Crippen LogP contribution in [0.15, 0.2) is 156 Å². The minimum absolute atomic E-state index is 0.645. The van der Waals surface area contributed by atoms with Crippen molar-refractivity contribution >= 4 is 65.4 Å². The second kappa shape index (κ2) is 9.62. The van der Waals surface area contributed by atoms with E-state index in [1.807, 2.05) is 24.3 Å². The summed E-state index contributed by atoms with van der Waals surface area (Å²) in [4.78, 5) is 10.5. The minimum Gasteiger partial charge on any atom is -0.455 e. The zero-order valence-corrected chi connectivity index (χ0v) is 24.7. The van der Waals surface area contributed by atoms with E-state index in [1.54, 1.807) is 0 Å². The van der Waals surface area contributed by atoms with Gasteiger partial charge in [0.15, 0.2) is 0 Å². The molecular formula is C42H25N3O. The Morgan fingerprint density at radius 1 is 0.478 bits per heavy atom. The molecule has 0 saturated heterocycles. The molecule has 0 aliphatic heterocycles. The molecule has 0 spiro atoms. The van der Waals surface area contributed by atoms with Crippen LogP contribution in [-0.4, -0.2) is 14.5 Å². The third kappa shape index (κ3) is 3.61. The molecule has 10 rings (SSSR count). The summed E-state index contributed by atoms with van der Waals surface area (Å²) in [5.74, 6) is 0.645. The van der Waals surface area contributed by atoms with Crippen LogP contribution >= 0.6 is 0 Å². The van der Waals surface area contributed by atoms with Crippen molar-refractivity contribution in [3.63, 3.8) is 0 Å². The first-order valence-corrected chi connectivity index (χ1v) is 15.5. The van der Waals surface area contributed by atoms with Gasteiger partial charge >= 0.3 is 0 Å². The first-order valence-electron chi connectivity index (χ1n) is 15.5. The lowest BCUT2D eigenvalue weighted by molar-refractivity contribution is 0.670. The Morgan fingerprint density at radius 3 is 2.15 bits per heavy atom. The SMILES string of the molecule is c1ccc(-c2nc(-n3c4cc(-c5cccc6c5oc5ccccc56)ccc4c4c5ccccc5ccc43)nc3ccccc23)cc1. The first kappa shape index (κ1) is 25.1. The van der Waals surface area contributed by atoms with Gasteiger partial charge in [0.1, 0.15) is 11.2 Å². The van der Waals surface area contributed by atoms with Gasteiger partial charge in [0, 0.05) is 38.1 Å². The lowest BCUT2D eigenvalue weighted by Crippen LogP contribution is -2.03. The maximum Gasteiger partial charge on any atom is 0.235 e. The largest absolute Gasteiger partial charge is 0.455 e. The van der Waals surface area contributed by atoms with Crippen LogP contribution in [0.3, 0.4) is 0 Å². The zero-order chi connectivity index (χ0) is 30.2. The molecule has 0 N–H and O–H groups in total. The van der Waals surface area contributed by atoms with Crippen LogP contribution < -0.4 is 0 Å². The highest BCUT2D eigenvalue weighted by Gasteiger charge is 2.20. The van der Waals surface area contributed by atoms with Crippen molar-refractivity contribution in [2.24, 2.45) is 0 Å². The minimum atomic E-state index is 0.645. The van der Waals surface area contributed by atoms with E-state index >= 15 is 0 Å². The van der Waals surface area contributed by atoms with Crippen molar-refractivity contribution in [3.8, 4) is 28.3 Å². The number of para-hydroxylation sites is 3. The molecule has 214 valence electrons. The topological polar surface area (TPSA) is 43.9 Å². The Kier molecular flexibility index (Phi) is 5.25. The van der Waals surface area contributed by atoms with Crippen LogP contribution in [0.2, 0.25) is 0 Å². The molecular weight excluding hydrogens is 562 g/mol. The Morgan fingerprint density at radius 2 is 1.24 bits per heavy atom. The predicted octanol–water partition coefficient (Wildman–Crippen LogP) is 11.1. The molecule has 10 aromatic rings. The molecule has 0 fully saturated rings. The second-order valence-corrected chi connectivity index (χ2v) is 11.8. The molecule has 7 aromatic carbocycles. The summed E-state index contributed by atoms with van der Waals surface area (Å²) in [6.07, 6.45) is 0. The molecule has 46 heavy (non-hydrogen) atoms. The predicted molar refractivity (Wildman–Crippen MR) is 190 cm³/mol. The molecule has 4 heteroatoms. The summed E-state index contributed by atoms with van der Waals surface area (Å²) < 4.78 is 8.70. The van der Waals surface area contributed by atoms with E-state index in [9.17, 15) is 0 Å². The van der Waals surface area contributed by atoms with Crippen LogP contribution in [0.5, 0.6) is 0 Å². The molecule has 0 amide bonds. The van der Waals surface area contributed by atoms with Crippen LogP contribution in [0.25, 0.3) is 93.8 Å². The van der Waals surface area contributed by atoms with Gasteiger partial charge in [0.2, 0.25) is 5.95 Å². The van der Waals surface area contributed by atoms with Gasteiger partial charge in [-0.15, -0.1) is 0 Å². The highest BCUT2D eigenvalue weighted by atomic mass is 16.3. The van der Waals surface area contributed by atoms with Gasteiger partial charge in [-0.05, 0) is 40.6 Å². The lowest BCUT2D eigenvalue weighted by atomic mass is 9.99. The number of fused-ring (bicyclic) bond motifs is 9. The molecule has 0 radical (unpaired) electrons. The van der Waals surface area contributed by atoms with E-state index in [2.05, 4.69) is 132 Å². The quantitative estimate of drug-likeness (QED) is 0.207. The van der Waals surface area contributed by atoms with E-state index in [-0.39, 0.29) is 0 Å². The van der Waals surface area contributed by atoms with Crippen LogP contribution in [0, 0.1) is 0 Å². The van der Waals surface area contributed by atoms with Gasteiger partial charge in [-0.25, -0.2) is 9.97 Å². The summed E-state index contributed by atoms with van der Waals surface area (Å²) in [6.45, 7) is 0. The van der Waals surface area contributed by atoms with Crippen LogP contribution in [0.4, 0.5) is 0 Å². The number of benzene rings is 7. The molecule has 4 nitrogen and oxygen atoms in total. The fourth-order valence-corrected chi connectivity index (χ4v) is 7.13. The fourth-order valence-electron chi connectivity index (χ4n) is 7.13. The molecule has 3 aromatic heterocycles. The number of nitrogens with zero attached hydrogens (tertiary/aromatic N) is 3. The van der Waals surface area contributed by atoms with Crippen LogP contribution in [0.1, 0.15) is 0 Å². The maximum atomic E-state index is 6.46. The first-order chi connectivity index (χ1) is 22.8. The molecule has 3 heterocycles. The van der Waals surface area contributed by atoms with Gasteiger partial charge in [-0.1, -0.05) is 127 Å².